The first kappa shape index (κ1) is 17.6. The molecule has 5 nitrogen and oxygen atoms in total. The largest absolute Gasteiger partial charge is 0.444 e. The normalized spacial score (nSPS) is 22.5. The van der Waals surface area contributed by atoms with E-state index in [9.17, 15) is 18.4 Å². The number of hydrogen-bond acceptors (Lipinski definition) is 4. The molecule has 136 valence electrons. The van der Waals surface area contributed by atoms with Crippen molar-refractivity contribution in [3.63, 3.8) is 0 Å². The number of anilines is 1. The molecule has 1 amide bonds. The minimum Gasteiger partial charge on any atom is -0.444 e. The molecule has 2 fully saturated rings. The van der Waals surface area contributed by atoms with E-state index >= 15 is 0 Å². The maximum atomic E-state index is 14.1. The van der Waals surface area contributed by atoms with Gasteiger partial charge in [0.15, 0.2) is 5.78 Å². The molecule has 0 saturated carbocycles. The van der Waals surface area contributed by atoms with Crippen molar-refractivity contribution in [1.82, 2.24) is 4.90 Å². The second kappa shape index (κ2) is 5.97. The zero-order valence-electron chi connectivity index (χ0n) is 14.8. The quantitative estimate of drug-likeness (QED) is 0.766. The fraction of sp³-hybridized carbons (Fsp3) is 0.556. The van der Waals surface area contributed by atoms with E-state index in [-0.39, 0.29) is 18.2 Å². The average Bonchev–Trinajstić information content (AvgIpc) is 3.04. The van der Waals surface area contributed by atoms with E-state index in [0.29, 0.717) is 18.8 Å². The molecule has 0 radical (unpaired) electrons. The Morgan fingerprint density at radius 3 is 2.16 bits per heavy atom. The lowest BCUT2D eigenvalue weighted by atomic mass is 10.1. The highest BCUT2D eigenvalue weighted by Gasteiger charge is 2.46. The van der Waals surface area contributed by atoms with Gasteiger partial charge in [-0.25, -0.2) is 13.6 Å². The number of fused-ring (bicyclic) bond motifs is 2. The van der Waals surface area contributed by atoms with Crippen LogP contribution in [0.1, 0.15) is 44.5 Å². The molecule has 2 bridgehead atoms. The van der Waals surface area contributed by atoms with Gasteiger partial charge in [0.1, 0.15) is 17.2 Å². The lowest BCUT2D eigenvalue weighted by Gasteiger charge is -2.36. The molecule has 0 aliphatic carbocycles. The van der Waals surface area contributed by atoms with Crippen LogP contribution in [0.15, 0.2) is 12.1 Å². The number of ketones is 1. The highest BCUT2D eigenvalue weighted by molar-refractivity contribution is 5.95. The topological polar surface area (TPSA) is 49.9 Å². The van der Waals surface area contributed by atoms with E-state index in [1.165, 1.54) is 12.1 Å². The van der Waals surface area contributed by atoms with Crippen molar-refractivity contribution in [3.8, 4) is 0 Å². The van der Waals surface area contributed by atoms with Crippen molar-refractivity contribution >= 4 is 17.6 Å². The van der Waals surface area contributed by atoms with E-state index in [1.807, 2.05) is 25.7 Å². The summed E-state index contributed by atoms with van der Waals surface area (Å²) in [6, 6.07) is 2.33. The van der Waals surface area contributed by atoms with Crippen LogP contribution < -0.4 is 4.90 Å². The number of hydrogen-bond donors (Lipinski definition) is 0. The Morgan fingerprint density at radius 2 is 1.72 bits per heavy atom. The standard InChI is InChI=1S/C18H22F2N2O3/c1-10(23)16-14(19)6-11(7-15(16)20)21-8-13-5-12(21)9-22(13)17(24)25-18(2,3)4/h6-7,12-13H,5,8-9H2,1-4H3/t12-,13-/m0/s1. The Morgan fingerprint density at radius 1 is 1.12 bits per heavy atom. The van der Waals surface area contributed by atoms with Gasteiger partial charge < -0.3 is 14.5 Å². The fourth-order valence-electron chi connectivity index (χ4n) is 3.59. The molecule has 25 heavy (non-hydrogen) atoms. The summed E-state index contributed by atoms with van der Waals surface area (Å²) in [6.07, 6.45) is 0.376. The van der Waals surface area contributed by atoms with E-state index in [2.05, 4.69) is 0 Å². The van der Waals surface area contributed by atoms with Crippen LogP contribution in [0.5, 0.6) is 0 Å². The van der Waals surface area contributed by atoms with Crippen molar-refractivity contribution in [2.24, 2.45) is 0 Å². The van der Waals surface area contributed by atoms with Crippen molar-refractivity contribution in [2.75, 3.05) is 18.0 Å². The SMILES string of the molecule is CC(=O)c1c(F)cc(N2C[C@@H]3C[C@H]2CN3C(=O)OC(C)(C)C)cc1F. The molecule has 0 aromatic heterocycles. The molecule has 2 atom stereocenters. The van der Waals surface area contributed by atoms with E-state index in [4.69, 9.17) is 4.74 Å². The summed E-state index contributed by atoms with van der Waals surface area (Å²) >= 11 is 0. The lowest BCUT2D eigenvalue weighted by Crippen LogP contribution is -2.50. The first-order valence-electron chi connectivity index (χ1n) is 8.33. The minimum atomic E-state index is -0.853. The highest BCUT2D eigenvalue weighted by Crippen LogP contribution is 2.36. The van der Waals surface area contributed by atoms with Crippen LogP contribution in [0.4, 0.5) is 19.3 Å². The van der Waals surface area contributed by atoms with Gasteiger partial charge in [0, 0.05) is 24.8 Å². The van der Waals surface area contributed by atoms with Gasteiger partial charge in [-0.05, 0) is 46.2 Å². The Hall–Kier alpha value is -2.18. The maximum absolute atomic E-state index is 14.1. The van der Waals surface area contributed by atoms with Crippen LogP contribution >= 0.6 is 0 Å². The summed E-state index contributed by atoms with van der Waals surface area (Å²) in [7, 11) is 0. The first-order chi connectivity index (χ1) is 11.6. The number of Topliss-reactive ketones (excluding diaryl/α,β-unsaturated/α-hetero) is 1. The Kier molecular flexibility index (Phi) is 4.21. The third-order valence-corrected chi connectivity index (χ3v) is 4.58. The second-order valence-electron chi connectivity index (χ2n) is 7.67. The number of ether oxygens (including phenoxy) is 1. The second-order valence-corrected chi connectivity index (χ2v) is 7.67. The smallest absolute Gasteiger partial charge is 0.410 e. The molecular formula is C18H22F2N2O3. The van der Waals surface area contributed by atoms with Gasteiger partial charge in [-0.3, -0.25) is 4.79 Å². The number of carbonyl (C=O) groups excluding carboxylic acids is 2. The molecule has 2 saturated heterocycles. The Bertz CT molecular complexity index is 707. The fourth-order valence-corrected chi connectivity index (χ4v) is 3.59. The van der Waals surface area contributed by atoms with E-state index < -0.39 is 28.6 Å². The molecule has 1 aromatic carbocycles. The highest BCUT2D eigenvalue weighted by atomic mass is 19.1. The molecule has 0 N–H and O–H groups in total. The predicted octanol–water partition coefficient (Wildman–Crippen LogP) is 3.37. The van der Waals surface area contributed by atoms with Gasteiger partial charge in [0.2, 0.25) is 0 Å². The van der Waals surface area contributed by atoms with Crippen LogP contribution in [0.2, 0.25) is 0 Å². The zero-order chi connectivity index (χ0) is 18.5. The third-order valence-electron chi connectivity index (χ3n) is 4.58. The predicted molar refractivity (Wildman–Crippen MR) is 88.8 cm³/mol. The molecule has 1 aromatic rings. The number of piperazine rings is 1. The molecule has 2 heterocycles. The van der Waals surface area contributed by atoms with Crippen molar-refractivity contribution < 1.29 is 23.1 Å². The maximum Gasteiger partial charge on any atom is 0.410 e. The van der Waals surface area contributed by atoms with E-state index in [1.54, 1.807) is 4.90 Å². The Balaban J connectivity index is 1.75. The number of benzene rings is 1. The number of rotatable bonds is 2. The van der Waals surface area contributed by atoms with Gasteiger partial charge in [0.25, 0.3) is 0 Å². The van der Waals surface area contributed by atoms with Crippen LogP contribution in [-0.4, -0.2) is 47.6 Å². The Labute approximate surface area is 145 Å². The summed E-state index contributed by atoms with van der Waals surface area (Å²) in [6.45, 7) is 7.52. The first-order valence-corrected chi connectivity index (χ1v) is 8.33. The van der Waals surface area contributed by atoms with E-state index in [0.717, 1.165) is 13.3 Å². The number of likely N-dealkylation sites (tertiary alicyclic amines) is 1. The molecular weight excluding hydrogens is 330 g/mol. The van der Waals surface area contributed by atoms with Crippen LogP contribution in [0.3, 0.4) is 0 Å². The summed E-state index contributed by atoms with van der Waals surface area (Å²) in [5, 5.41) is 0. The van der Waals surface area contributed by atoms with Gasteiger partial charge in [-0.1, -0.05) is 0 Å². The lowest BCUT2D eigenvalue weighted by molar-refractivity contribution is 0.0214. The summed E-state index contributed by atoms with van der Waals surface area (Å²) in [5.41, 5.74) is -0.673. The number of amides is 1. The third kappa shape index (κ3) is 3.32. The van der Waals surface area contributed by atoms with Crippen LogP contribution in [0, 0.1) is 11.6 Å². The van der Waals surface area contributed by atoms with Crippen molar-refractivity contribution in [2.45, 2.75) is 51.8 Å². The van der Waals surface area contributed by atoms with Crippen LogP contribution in [0.25, 0.3) is 0 Å². The summed E-state index contributed by atoms with van der Waals surface area (Å²) in [5.74, 6) is -2.34. The molecule has 3 rings (SSSR count). The van der Waals surface area contributed by atoms with Gasteiger partial charge in [-0.2, -0.15) is 0 Å². The average molecular weight is 352 g/mol. The number of nitrogens with zero attached hydrogens (tertiary/aromatic N) is 2. The van der Waals surface area contributed by atoms with Crippen molar-refractivity contribution in [1.29, 1.82) is 0 Å². The summed E-state index contributed by atoms with van der Waals surface area (Å²) < 4.78 is 33.6. The molecule has 0 unspecified atom stereocenters. The molecule has 7 heteroatoms. The molecule has 2 aliphatic heterocycles. The van der Waals surface area contributed by atoms with Crippen molar-refractivity contribution in [3.05, 3.63) is 29.3 Å². The van der Waals surface area contributed by atoms with Crippen LogP contribution in [-0.2, 0) is 4.74 Å². The summed E-state index contributed by atoms with van der Waals surface area (Å²) in [4.78, 5) is 27.2. The van der Waals surface area contributed by atoms with Gasteiger partial charge in [-0.15, -0.1) is 0 Å². The van der Waals surface area contributed by atoms with Gasteiger partial charge >= 0.3 is 6.09 Å². The molecule has 2 aliphatic rings. The number of halogens is 2. The zero-order valence-corrected chi connectivity index (χ0v) is 14.8. The minimum absolute atomic E-state index is 0.0144. The van der Waals surface area contributed by atoms with Gasteiger partial charge in [0.05, 0.1) is 11.6 Å². The number of carbonyl (C=O) groups is 2. The monoisotopic (exact) mass is 352 g/mol. The molecule has 0 spiro atoms.